The molecule has 0 spiro atoms. The molecule has 0 saturated heterocycles. The zero-order valence-electron chi connectivity index (χ0n) is 16.5. The molecule has 0 saturated carbocycles. The van der Waals surface area contributed by atoms with Crippen molar-refractivity contribution in [3.8, 4) is 0 Å². The number of carbonyl (C=O) groups excluding carboxylic acids is 3. The molecule has 0 atom stereocenters. The van der Waals surface area contributed by atoms with Gasteiger partial charge in [0.25, 0.3) is 17.7 Å². The molecule has 3 aromatic carbocycles. The number of hydrogen-bond acceptors (Lipinski definition) is 4. The highest BCUT2D eigenvalue weighted by atomic mass is 35.5. The minimum Gasteiger partial charge on any atom is -0.350 e. The van der Waals surface area contributed by atoms with Gasteiger partial charge in [-0.15, -0.1) is 0 Å². The van der Waals surface area contributed by atoms with Crippen LogP contribution in [0.3, 0.4) is 0 Å². The van der Waals surface area contributed by atoms with E-state index in [0.717, 1.165) is 4.90 Å². The Labute approximate surface area is 208 Å². The van der Waals surface area contributed by atoms with Crippen molar-refractivity contribution < 1.29 is 14.4 Å². The minimum atomic E-state index is -0.664. The van der Waals surface area contributed by atoms with Gasteiger partial charge in [-0.2, -0.15) is 0 Å². The summed E-state index contributed by atoms with van der Waals surface area (Å²) in [5.74, 6) is -1.66. The van der Waals surface area contributed by atoms with Crippen LogP contribution in [0.15, 0.2) is 77.5 Å². The van der Waals surface area contributed by atoms with Crippen molar-refractivity contribution in [2.75, 3.05) is 15.5 Å². The number of nitrogens with zero attached hydrogens (tertiary/aromatic N) is 1. The van der Waals surface area contributed by atoms with Gasteiger partial charge < -0.3 is 10.6 Å². The van der Waals surface area contributed by atoms with E-state index in [1.807, 2.05) is 0 Å². The third-order valence-electron chi connectivity index (χ3n) is 4.63. The molecule has 2 N–H and O–H groups in total. The molecule has 166 valence electrons. The van der Waals surface area contributed by atoms with Gasteiger partial charge in [-0.1, -0.05) is 52.5 Å². The maximum Gasteiger partial charge on any atom is 0.283 e. The molecule has 4 rings (SSSR count). The van der Waals surface area contributed by atoms with Crippen molar-refractivity contribution in [2.24, 2.45) is 0 Å². The predicted molar refractivity (Wildman–Crippen MR) is 131 cm³/mol. The average molecular weight is 521 g/mol. The Bertz CT molecular complexity index is 1300. The quantitative estimate of drug-likeness (QED) is 0.385. The predicted octanol–water partition coefficient (Wildman–Crippen LogP) is 6.33. The SMILES string of the molecule is O=C(Nc1cc(Cl)cc(Cl)c1)c1ccc(NC2=C(Cl)C(=O)N(c3cccc(Cl)c3)C2=O)cc1. The Morgan fingerprint density at radius 3 is 2.03 bits per heavy atom. The highest BCUT2D eigenvalue weighted by molar-refractivity contribution is 6.53. The Kier molecular flexibility index (Phi) is 6.63. The van der Waals surface area contributed by atoms with Crippen LogP contribution in [0.25, 0.3) is 0 Å². The maximum atomic E-state index is 12.8. The number of imide groups is 1. The molecule has 0 fully saturated rings. The number of carbonyl (C=O) groups is 3. The van der Waals surface area contributed by atoms with Crippen LogP contribution >= 0.6 is 46.4 Å². The van der Waals surface area contributed by atoms with Crippen LogP contribution in [-0.4, -0.2) is 17.7 Å². The van der Waals surface area contributed by atoms with E-state index in [1.54, 1.807) is 60.7 Å². The first-order chi connectivity index (χ1) is 15.7. The molecule has 0 aromatic heterocycles. The smallest absolute Gasteiger partial charge is 0.283 e. The molecule has 0 unspecified atom stereocenters. The van der Waals surface area contributed by atoms with E-state index >= 15 is 0 Å². The van der Waals surface area contributed by atoms with Crippen molar-refractivity contribution in [3.05, 3.63) is 98.1 Å². The van der Waals surface area contributed by atoms with Crippen molar-refractivity contribution in [1.82, 2.24) is 0 Å². The van der Waals surface area contributed by atoms with Crippen LogP contribution in [0.4, 0.5) is 17.1 Å². The summed E-state index contributed by atoms with van der Waals surface area (Å²) >= 11 is 24.0. The molecular formula is C23H13Cl4N3O3. The molecule has 0 bridgehead atoms. The molecule has 0 radical (unpaired) electrons. The fourth-order valence-corrected chi connectivity index (χ4v) is 4.06. The first kappa shape index (κ1) is 23.1. The Morgan fingerprint density at radius 2 is 1.39 bits per heavy atom. The molecule has 3 aromatic rings. The van der Waals surface area contributed by atoms with E-state index in [-0.39, 0.29) is 16.6 Å². The van der Waals surface area contributed by atoms with Gasteiger partial charge in [-0.3, -0.25) is 14.4 Å². The Balaban J connectivity index is 1.49. The standard InChI is InChI=1S/C23H13Cl4N3O3/c24-13-2-1-3-18(11-13)30-22(32)19(27)20(23(30)33)28-16-6-4-12(5-7-16)21(31)29-17-9-14(25)8-15(26)10-17/h1-11,28H,(H,29,31). The van der Waals surface area contributed by atoms with Crippen molar-refractivity contribution in [2.45, 2.75) is 0 Å². The summed E-state index contributed by atoms with van der Waals surface area (Å²) in [6, 6.07) is 17.3. The molecule has 10 heteroatoms. The summed E-state index contributed by atoms with van der Waals surface area (Å²) in [6.45, 7) is 0. The van der Waals surface area contributed by atoms with E-state index in [1.165, 1.54) is 6.07 Å². The van der Waals surface area contributed by atoms with Gasteiger partial charge in [0.05, 0.1) is 5.69 Å². The van der Waals surface area contributed by atoms with Crippen LogP contribution in [-0.2, 0) is 9.59 Å². The van der Waals surface area contributed by atoms with Crippen LogP contribution < -0.4 is 15.5 Å². The summed E-state index contributed by atoms with van der Waals surface area (Å²) in [5, 5.41) is 6.47. The third-order valence-corrected chi connectivity index (χ3v) is 5.65. The van der Waals surface area contributed by atoms with Crippen molar-refractivity contribution in [1.29, 1.82) is 0 Å². The number of amides is 3. The lowest BCUT2D eigenvalue weighted by Gasteiger charge is -2.15. The van der Waals surface area contributed by atoms with Gasteiger partial charge >= 0.3 is 0 Å². The molecule has 0 aliphatic carbocycles. The van der Waals surface area contributed by atoms with Gasteiger partial charge in [0.15, 0.2) is 0 Å². The van der Waals surface area contributed by atoms with Crippen LogP contribution in [0.5, 0.6) is 0 Å². The van der Waals surface area contributed by atoms with Gasteiger partial charge in [-0.25, -0.2) is 4.90 Å². The minimum absolute atomic E-state index is 0.0765. The lowest BCUT2D eigenvalue weighted by atomic mass is 10.2. The fraction of sp³-hybridized carbons (Fsp3) is 0. The molecule has 1 aliphatic rings. The normalized spacial score (nSPS) is 13.5. The molecule has 1 heterocycles. The van der Waals surface area contributed by atoms with Crippen LogP contribution in [0.2, 0.25) is 15.1 Å². The number of rotatable bonds is 5. The third kappa shape index (κ3) is 4.99. The summed E-state index contributed by atoms with van der Waals surface area (Å²) < 4.78 is 0. The van der Waals surface area contributed by atoms with Crippen molar-refractivity contribution in [3.63, 3.8) is 0 Å². The molecule has 3 amide bonds. The number of hydrogen-bond donors (Lipinski definition) is 2. The molecular weight excluding hydrogens is 508 g/mol. The summed E-state index contributed by atoms with van der Waals surface area (Å²) in [6.07, 6.45) is 0. The van der Waals surface area contributed by atoms with E-state index < -0.39 is 11.8 Å². The summed E-state index contributed by atoms with van der Waals surface area (Å²) in [7, 11) is 0. The second-order valence-corrected chi connectivity index (χ2v) is 8.62. The first-order valence-corrected chi connectivity index (χ1v) is 10.9. The molecule has 1 aliphatic heterocycles. The maximum absolute atomic E-state index is 12.8. The Hall–Kier alpha value is -3.03. The highest BCUT2D eigenvalue weighted by Gasteiger charge is 2.39. The lowest BCUT2D eigenvalue weighted by Crippen LogP contribution is -2.32. The summed E-state index contributed by atoms with van der Waals surface area (Å²) in [4.78, 5) is 38.8. The van der Waals surface area contributed by atoms with E-state index in [9.17, 15) is 14.4 Å². The largest absolute Gasteiger partial charge is 0.350 e. The fourth-order valence-electron chi connectivity index (χ4n) is 3.14. The number of halogens is 4. The topological polar surface area (TPSA) is 78.5 Å². The van der Waals surface area contributed by atoms with Crippen molar-refractivity contribution >= 4 is 81.2 Å². The van der Waals surface area contributed by atoms with Gasteiger partial charge in [0, 0.05) is 32.0 Å². The first-order valence-electron chi connectivity index (χ1n) is 9.41. The zero-order valence-corrected chi connectivity index (χ0v) is 19.6. The second-order valence-electron chi connectivity index (χ2n) is 6.93. The van der Waals surface area contributed by atoms with E-state index in [2.05, 4.69) is 10.6 Å². The summed E-state index contributed by atoms with van der Waals surface area (Å²) in [5.41, 5.74) is 1.49. The number of anilines is 3. The highest BCUT2D eigenvalue weighted by Crippen LogP contribution is 2.31. The molecule has 33 heavy (non-hydrogen) atoms. The number of nitrogens with one attached hydrogen (secondary N) is 2. The van der Waals surface area contributed by atoms with Gasteiger partial charge in [0.2, 0.25) is 0 Å². The second kappa shape index (κ2) is 9.45. The van der Waals surface area contributed by atoms with E-state index in [4.69, 9.17) is 46.4 Å². The van der Waals surface area contributed by atoms with E-state index in [0.29, 0.717) is 37.7 Å². The van der Waals surface area contributed by atoms with Gasteiger partial charge in [-0.05, 0) is 60.7 Å². The Morgan fingerprint density at radius 1 is 0.727 bits per heavy atom. The monoisotopic (exact) mass is 519 g/mol. The van der Waals surface area contributed by atoms with Gasteiger partial charge in [0.1, 0.15) is 10.7 Å². The number of benzene rings is 3. The lowest BCUT2D eigenvalue weighted by molar-refractivity contribution is -0.120. The zero-order chi connectivity index (χ0) is 23.7. The average Bonchev–Trinajstić information content (AvgIpc) is 2.96. The van der Waals surface area contributed by atoms with Crippen LogP contribution in [0.1, 0.15) is 10.4 Å². The molecule has 6 nitrogen and oxygen atoms in total. The van der Waals surface area contributed by atoms with Crippen LogP contribution in [0, 0.1) is 0 Å².